The molecule has 0 saturated heterocycles. The molecule has 0 aliphatic rings. The Labute approximate surface area is 486 Å². The highest BCUT2D eigenvalue weighted by Gasteiger charge is 2.19. The Morgan fingerprint density at radius 2 is 0.500 bits per heavy atom. The van der Waals surface area contributed by atoms with Crippen molar-refractivity contribution < 1.29 is 28.6 Å². The van der Waals surface area contributed by atoms with E-state index in [2.05, 4.69) is 69.4 Å². The monoisotopic (exact) mass is 1090 g/mol. The molecule has 6 heteroatoms. The van der Waals surface area contributed by atoms with Crippen LogP contribution in [0.15, 0.2) is 48.6 Å². The molecule has 0 radical (unpaired) electrons. The van der Waals surface area contributed by atoms with Gasteiger partial charge in [-0.05, 0) is 77.0 Å². The van der Waals surface area contributed by atoms with Crippen molar-refractivity contribution in [3.8, 4) is 0 Å². The minimum atomic E-state index is -0.785. The van der Waals surface area contributed by atoms with E-state index in [4.69, 9.17) is 14.2 Å². The fraction of sp³-hybridized carbons (Fsp3) is 0.847. The maximum atomic E-state index is 12.9. The van der Waals surface area contributed by atoms with E-state index in [0.29, 0.717) is 19.3 Å². The molecule has 0 saturated carbocycles. The summed E-state index contributed by atoms with van der Waals surface area (Å²) in [6.45, 7) is 6.56. The molecule has 0 amide bonds. The minimum absolute atomic E-state index is 0.0793. The van der Waals surface area contributed by atoms with Crippen LogP contribution in [0, 0.1) is 0 Å². The molecule has 0 aliphatic carbocycles. The van der Waals surface area contributed by atoms with Gasteiger partial charge in [0.25, 0.3) is 0 Å². The van der Waals surface area contributed by atoms with E-state index >= 15 is 0 Å². The third kappa shape index (κ3) is 64.2. The molecule has 6 nitrogen and oxygen atoms in total. The summed E-state index contributed by atoms with van der Waals surface area (Å²) in [6, 6.07) is 0. The first-order chi connectivity index (χ1) is 38.5. The molecule has 456 valence electrons. The summed E-state index contributed by atoms with van der Waals surface area (Å²) >= 11 is 0. The SMILES string of the molecule is CC/C=C\C/C=C\C/C=C\CCCCCCCC(=O)OC(COC(=O)CCCCCCC/C=C\CCCCCCCC)COC(=O)CCCCCCCCCCCCCCCCCCCCCCCCCCCCCCCC. The van der Waals surface area contributed by atoms with Crippen LogP contribution < -0.4 is 0 Å². The highest BCUT2D eigenvalue weighted by molar-refractivity contribution is 5.71. The normalized spacial score (nSPS) is 12.3. The van der Waals surface area contributed by atoms with E-state index in [1.807, 2.05) is 0 Å². The molecule has 0 aromatic rings. The number of carbonyl (C=O) groups is 3. The molecule has 0 heterocycles. The van der Waals surface area contributed by atoms with E-state index < -0.39 is 6.10 Å². The van der Waals surface area contributed by atoms with Crippen molar-refractivity contribution in [2.24, 2.45) is 0 Å². The first kappa shape index (κ1) is 75.4. The van der Waals surface area contributed by atoms with Gasteiger partial charge in [0, 0.05) is 19.3 Å². The molecule has 78 heavy (non-hydrogen) atoms. The van der Waals surface area contributed by atoms with Gasteiger partial charge < -0.3 is 14.2 Å². The lowest BCUT2D eigenvalue weighted by molar-refractivity contribution is -0.167. The maximum absolute atomic E-state index is 12.9. The second-order valence-corrected chi connectivity index (χ2v) is 23.4. The number of hydrogen-bond acceptors (Lipinski definition) is 6. The Morgan fingerprint density at radius 3 is 0.795 bits per heavy atom. The third-order valence-corrected chi connectivity index (χ3v) is 15.6. The highest BCUT2D eigenvalue weighted by Crippen LogP contribution is 2.18. The van der Waals surface area contributed by atoms with Gasteiger partial charge in [-0.1, -0.05) is 326 Å². The molecular formula is C72H132O6. The zero-order valence-electron chi connectivity index (χ0n) is 52.5. The summed E-state index contributed by atoms with van der Waals surface area (Å²) in [5.74, 6) is -0.883. The van der Waals surface area contributed by atoms with Crippen molar-refractivity contribution in [3.63, 3.8) is 0 Å². The van der Waals surface area contributed by atoms with Crippen molar-refractivity contribution in [2.75, 3.05) is 13.2 Å². The Morgan fingerprint density at radius 1 is 0.269 bits per heavy atom. The van der Waals surface area contributed by atoms with Gasteiger partial charge in [0.05, 0.1) is 0 Å². The largest absolute Gasteiger partial charge is 0.462 e. The van der Waals surface area contributed by atoms with Crippen LogP contribution in [0.2, 0.25) is 0 Å². The smallest absolute Gasteiger partial charge is 0.306 e. The molecule has 1 unspecified atom stereocenters. The second-order valence-electron chi connectivity index (χ2n) is 23.4. The predicted molar refractivity (Wildman–Crippen MR) is 339 cm³/mol. The Kier molecular flexibility index (Phi) is 64.6. The number of hydrogen-bond donors (Lipinski definition) is 0. The minimum Gasteiger partial charge on any atom is -0.462 e. The number of esters is 3. The average molecular weight is 1090 g/mol. The maximum Gasteiger partial charge on any atom is 0.306 e. The van der Waals surface area contributed by atoms with Crippen LogP contribution in [0.25, 0.3) is 0 Å². The molecule has 0 N–H and O–H groups in total. The summed E-state index contributed by atoms with van der Waals surface area (Å²) < 4.78 is 16.9. The number of ether oxygens (including phenoxy) is 3. The van der Waals surface area contributed by atoms with Crippen molar-refractivity contribution in [2.45, 2.75) is 380 Å². The van der Waals surface area contributed by atoms with E-state index in [9.17, 15) is 14.4 Å². The van der Waals surface area contributed by atoms with Gasteiger partial charge in [0.15, 0.2) is 6.10 Å². The van der Waals surface area contributed by atoms with Crippen LogP contribution in [-0.4, -0.2) is 37.2 Å². The number of unbranched alkanes of at least 4 members (excludes halogenated alkanes) is 45. The Bertz CT molecular complexity index is 1350. The molecule has 0 rings (SSSR count). The zero-order chi connectivity index (χ0) is 56.4. The van der Waals surface area contributed by atoms with Crippen LogP contribution in [0.4, 0.5) is 0 Å². The molecule has 0 fully saturated rings. The van der Waals surface area contributed by atoms with E-state index in [1.54, 1.807) is 0 Å². The van der Waals surface area contributed by atoms with E-state index in [-0.39, 0.29) is 31.1 Å². The lowest BCUT2D eigenvalue weighted by Gasteiger charge is -2.18. The van der Waals surface area contributed by atoms with Gasteiger partial charge in [-0.2, -0.15) is 0 Å². The van der Waals surface area contributed by atoms with E-state index in [0.717, 1.165) is 103 Å². The molecule has 0 aliphatic heterocycles. The van der Waals surface area contributed by atoms with Gasteiger partial charge in [0.2, 0.25) is 0 Å². The molecule has 0 spiro atoms. The second kappa shape index (κ2) is 66.9. The summed E-state index contributed by atoms with van der Waals surface area (Å²) in [7, 11) is 0. The molecule has 1 atom stereocenters. The van der Waals surface area contributed by atoms with Crippen molar-refractivity contribution >= 4 is 17.9 Å². The quantitative estimate of drug-likeness (QED) is 0.0261. The van der Waals surface area contributed by atoms with Gasteiger partial charge in [-0.15, -0.1) is 0 Å². The number of allylic oxidation sites excluding steroid dienone is 8. The predicted octanol–water partition coefficient (Wildman–Crippen LogP) is 23.7. The third-order valence-electron chi connectivity index (χ3n) is 15.6. The van der Waals surface area contributed by atoms with Crippen LogP contribution >= 0.6 is 0 Å². The van der Waals surface area contributed by atoms with Gasteiger partial charge in [0.1, 0.15) is 13.2 Å². The van der Waals surface area contributed by atoms with Crippen LogP contribution in [-0.2, 0) is 28.6 Å². The van der Waals surface area contributed by atoms with Crippen molar-refractivity contribution in [3.05, 3.63) is 48.6 Å². The zero-order valence-corrected chi connectivity index (χ0v) is 52.5. The summed E-state index contributed by atoms with van der Waals surface area (Å²) in [6.07, 6.45) is 84.4. The lowest BCUT2D eigenvalue weighted by Crippen LogP contribution is -2.30. The first-order valence-corrected chi connectivity index (χ1v) is 34.6. The average Bonchev–Trinajstić information content (AvgIpc) is 3.44. The molecule has 0 aromatic carbocycles. The van der Waals surface area contributed by atoms with E-state index in [1.165, 1.54) is 231 Å². The fourth-order valence-electron chi connectivity index (χ4n) is 10.4. The molecule has 0 aromatic heterocycles. The molecular weight excluding hydrogens is 961 g/mol. The lowest BCUT2D eigenvalue weighted by atomic mass is 10.0. The fourth-order valence-corrected chi connectivity index (χ4v) is 10.4. The van der Waals surface area contributed by atoms with Gasteiger partial charge >= 0.3 is 17.9 Å². The summed E-state index contributed by atoms with van der Waals surface area (Å²) in [4.78, 5) is 38.3. The first-order valence-electron chi connectivity index (χ1n) is 34.6. The highest BCUT2D eigenvalue weighted by atomic mass is 16.6. The number of rotatable bonds is 64. The Hall–Kier alpha value is -2.63. The van der Waals surface area contributed by atoms with Crippen LogP contribution in [0.1, 0.15) is 374 Å². The topological polar surface area (TPSA) is 78.9 Å². The summed E-state index contributed by atoms with van der Waals surface area (Å²) in [5.41, 5.74) is 0. The van der Waals surface area contributed by atoms with Crippen LogP contribution in [0.3, 0.4) is 0 Å². The Balaban J connectivity index is 4.17. The molecule has 0 bridgehead atoms. The van der Waals surface area contributed by atoms with Gasteiger partial charge in [-0.3, -0.25) is 14.4 Å². The van der Waals surface area contributed by atoms with Crippen molar-refractivity contribution in [1.82, 2.24) is 0 Å². The summed E-state index contributed by atoms with van der Waals surface area (Å²) in [5, 5.41) is 0. The standard InChI is InChI=1S/C72H132O6/c1-4-7-10-13-16-19-22-25-28-29-30-31-32-33-34-35-36-37-38-39-40-41-42-45-47-50-53-56-59-62-65-71(74)77-68-69(78-72(75)66-63-60-57-54-51-48-44-27-24-21-18-15-12-9-6-3)67-76-70(73)64-61-58-55-52-49-46-43-26-23-20-17-14-11-8-5-2/h9,12,18,21,26-27,43-44,69H,4-8,10-11,13-17,19-20,22-25,28-42,45-68H2,1-3H3/b12-9-,21-18-,43-26-,44-27-. The van der Waals surface area contributed by atoms with Crippen molar-refractivity contribution in [1.29, 1.82) is 0 Å². The van der Waals surface area contributed by atoms with Gasteiger partial charge in [-0.25, -0.2) is 0 Å². The van der Waals surface area contributed by atoms with Crippen LogP contribution in [0.5, 0.6) is 0 Å². The number of carbonyl (C=O) groups excluding carboxylic acids is 3.